The van der Waals surface area contributed by atoms with E-state index in [9.17, 15) is 0 Å². The number of nitrogens with zero attached hydrogens (tertiary/aromatic N) is 1. The molecule has 0 fully saturated rings. The van der Waals surface area contributed by atoms with Crippen molar-refractivity contribution in [3.05, 3.63) is 0 Å². The average Bonchev–Trinajstić information content (AvgIpc) is 1.62. The highest BCUT2D eigenvalue weighted by Crippen LogP contribution is 1.97. The first-order chi connectivity index (χ1) is 3.95. The van der Waals surface area contributed by atoms with Gasteiger partial charge < -0.3 is 22.0 Å². The second-order valence-corrected chi connectivity index (χ2v) is 3.93. The predicted molar refractivity (Wildman–Crippen MR) is 42.7 cm³/mol. The number of likely N-dealkylation sites (N-methyl/N-ethyl adjacent to an activating group) is 1. The Labute approximate surface area is 77.3 Å². The number of hydrogen-bond donors (Lipinski definition) is 1. The minimum absolute atomic E-state index is 0. The summed E-state index contributed by atoms with van der Waals surface area (Å²) in [5.41, 5.74) is 0. The highest BCUT2D eigenvalue weighted by molar-refractivity contribution is 9.09. The van der Waals surface area contributed by atoms with Gasteiger partial charge in [0.05, 0.1) is 21.1 Å². The first kappa shape index (κ1) is 13.3. The monoisotopic (exact) mass is 231 g/mol. The van der Waals surface area contributed by atoms with E-state index in [4.69, 9.17) is 5.11 Å². The Morgan fingerprint density at radius 1 is 1.40 bits per heavy atom. The van der Waals surface area contributed by atoms with Crippen LogP contribution in [0.2, 0.25) is 0 Å². The van der Waals surface area contributed by atoms with Gasteiger partial charge in [-0.25, -0.2) is 0 Å². The summed E-state index contributed by atoms with van der Waals surface area (Å²) in [6, 6.07) is 0. The van der Waals surface area contributed by atoms with E-state index in [1.165, 1.54) is 0 Å². The number of aliphatic hydroxyl groups is 1. The van der Waals surface area contributed by atoms with Crippen molar-refractivity contribution in [3.63, 3.8) is 0 Å². The standard InChI is InChI=1S/C6H15BrNO.ClH/c1-8(2,3)5-6(9)4-7;/h6,9H,4-5H2,1-3H3;1H/q+1;/p-1. The molecule has 1 atom stereocenters. The summed E-state index contributed by atoms with van der Waals surface area (Å²) >= 11 is 3.21. The van der Waals surface area contributed by atoms with Crippen LogP contribution in [0.4, 0.5) is 0 Å². The molecular weight excluding hydrogens is 217 g/mol. The van der Waals surface area contributed by atoms with Crippen LogP contribution in [-0.2, 0) is 0 Å². The first-order valence-corrected chi connectivity index (χ1v) is 4.12. The van der Waals surface area contributed by atoms with E-state index in [1.807, 2.05) is 0 Å². The molecule has 0 aromatic heterocycles. The van der Waals surface area contributed by atoms with E-state index >= 15 is 0 Å². The fraction of sp³-hybridized carbons (Fsp3) is 1.00. The lowest BCUT2D eigenvalue weighted by Crippen LogP contribution is -3.00. The molecule has 0 saturated carbocycles. The molecule has 1 unspecified atom stereocenters. The fourth-order valence-electron chi connectivity index (χ4n) is 0.681. The molecule has 0 saturated heterocycles. The third-order valence-corrected chi connectivity index (χ3v) is 1.68. The van der Waals surface area contributed by atoms with Crippen LogP contribution in [0.3, 0.4) is 0 Å². The van der Waals surface area contributed by atoms with E-state index in [1.54, 1.807) is 0 Å². The summed E-state index contributed by atoms with van der Waals surface area (Å²) in [5, 5.41) is 9.80. The van der Waals surface area contributed by atoms with Gasteiger partial charge in [-0.05, 0) is 0 Å². The minimum Gasteiger partial charge on any atom is -1.00 e. The van der Waals surface area contributed by atoms with Gasteiger partial charge in [0.1, 0.15) is 12.6 Å². The van der Waals surface area contributed by atoms with Gasteiger partial charge in [-0.15, -0.1) is 0 Å². The zero-order valence-corrected chi connectivity index (χ0v) is 8.98. The number of alkyl halides is 1. The molecule has 0 aromatic carbocycles. The van der Waals surface area contributed by atoms with E-state index in [0.717, 1.165) is 11.0 Å². The lowest BCUT2D eigenvalue weighted by atomic mass is 10.3. The van der Waals surface area contributed by atoms with Gasteiger partial charge in [0, 0.05) is 5.33 Å². The molecular formula is C6H15BrClNO. The highest BCUT2D eigenvalue weighted by atomic mass is 79.9. The summed E-state index contributed by atoms with van der Waals surface area (Å²) in [6.45, 7) is 0.797. The van der Waals surface area contributed by atoms with E-state index < -0.39 is 0 Å². The van der Waals surface area contributed by atoms with E-state index in [2.05, 4.69) is 37.1 Å². The van der Waals surface area contributed by atoms with Crippen LogP contribution in [0.25, 0.3) is 0 Å². The molecule has 0 heterocycles. The molecule has 0 aromatic rings. The Bertz CT molecular complexity index is 84.3. The van der Waals surface area contributed by atoms with Crippen LogP contribution in [0, 0.1) is 0 Å². The van der Waals surface area contributed by atoms with Gasteiger partial charge in [-0.3, -0.25) is 0 Å². The van der Waals surface area contributed by atoms with Crippen LogP contribution >= 0.6 is 15.9 Å². The number of hydrogen-bond acceptors (Lipinski definition) is 1. The smallest absolute Gasteiger partial charge is 0.112 e. The second-order valence-electron chi connectivity index (χ2n) is 3.28. The quantitative estimate of drug-likeness (QED) is 0.420. The maximum atomic E-state index is 9.13. The summed E-state index contributed by atoms with van der Waals surface area (Å²) in [6.07, 6.45) is -0.218. The van der Waals surface area contributed by atoms with Gasteiger partial charge in [0.25, 0.3) is 0 Å². The van der Waals surface area contributed by atoms with Crippen LogP contribution in [0.1, 0.15) is 0 Å². The number of quaternary nitrogens is 1. The molecule has 0 rings (SSSR count). The SMILES string of the molecule is C[N+](C)(C)CC(O)CBr.[Cl-]. The average molecular weight is 233 g/mol. The lowest BCUT2D eigenvalue weighted by molar-refractivity contribution is -0.873. The van der Waals surface area contributed by atoms with Gasteiger partial charge >= 0.3 is 0 Å². The molecule has 0 aliphatic carbocycles. The van der Waals surface area contributed by atoms with Crippen molar-refractivity contribution >= 4 is 15.9 Å². The Morgan fingerprint density at radius 2 is 1.80 bits per heavy atom. The first-order valence-electron chi connectivity index (χ1n) is 3.00. The van der Waals surface area contributed by atoms with Crippen molar-refractivity contribution in [1.29, 1.82) is 0 Å². The zero-order chi connectivity index (χ0) is 7.49. The largest absolute Gasteiger partial charge is 1.00 e. The molecule has 0 amide bonds. The molecule has 2 nitrogen and oxygen atoms in total. The minimum atomic E-state index is -0.218. The van der Waals surface area contributed by atoms with Crippen molar-refractivity contribution in [3.8, 4) is 0 Å². The maximum Gasteiger partial charge on any atom is 0.112 e. The van der Waals surface area contributed by atoms with Crippen molar-refractivity contribution in [2.45, 2.75) is 6.10 Å². The van der Waals surface area contributed by atoms with Crippen LogP contribution in [-0.4, -0.2) is 48.7 Å². The predicted octanol–water partition coefficient (Wildman–Crippen LogP) is -2.55. The van der Waals surface area contributed by atoms with Gasteiger partial charge in [-0.2, -0.15) is 0 Å². The Kier molecular flexibility index (Phi) is 7.12. The van der Waals surface area contributed by atoms with Crippen molar-refractivity contribution in [2.24, 2.45) is 0 Å². The lowest BCUT2D eigenvalue weighted by Gasteiger charge is -2.25. The van der Waals surface area contributed by atoms with Crippen molar-refractivity contribution in [2.75, 3.05) is 33.0 Å². The van der Waals surface area contributed by atoms with Crippen LogP contribution in [0.5, 0.6) is 0 Å². The van der Waals surface area contributed by atoms with Gasteiger partial charge in [-0.1, -0.05) is 15.9 Å². The molecule has 0 bridgehead atoms. The van der Waals surface area contributed by atoms with Crippen LogP contribution < -0.4 is 12.4 Å². The second kappa shape index (κ2) is 5.35. The maximum absolute atomic E-state index is 9.13. The Balaban J connectivity index is 0. The van der Waals surface area contributed by atoms with E-state index in [-0.39, 0.29) is 18.5 Å². The highest BCUT2D eigenvalue weighted by Gasteiger charge is 2.13. The molecule has 10 heavy (non-hydrogen) atoms. The molecule has 0 radical (unpaired) electrons. The Hall–Kier alpha value is 0.690. The third kappa shape index (κ3) is 8.69. The molecule has 0 spiro atoms. The van der Waals surface area contributed by atoms with Gasteiger partial charge in [0.15, 0.2) is 0 Å². The molecule has 64 valence electrons. The molecule has 0 aliphatic rings. The number of halogens is 2. The summed E-state index contributed by atoms with van der Waals surface area (Å²) < 4.78 is 0.812. The summed E-state index contributed by atoms with van der Waals surface area (Å²) in [4.78, 5) is 0. The molecule has 4 heteroatoms. The summed E-state index contributed by atoms with van der Waals surface area (Å²) in [5.74, 6) is 0. The van der Waals surface area contributed by atoms with Crippen molar-refractivity contribution < 1.29 is 22.0 Å². The van der Waals surface area contributed by atoms with Crippen LogP contribution in [0.15, 0.2) is 0 Å². The topological polar surface area (TPSA) is 20.2 Å². The van der Waals surface area contributed by atoms with Crippen molar-refractivity contribution in [1.82, 2.24) is 0 Å². The fourth-order valence-corrected chi connectivity index (χ4v) is 0.886. The normalized spacial score (nSPS) is 14.1. The number of rotatable bonds is 3. The Morgan fingerprint density at radius 3 is 1.90 bits per heavy atom. The van der Waals surface area contributed by atoms with Gasteiger partial charge in [0.2, 0.25) is 0 Å². The summed E-state index contributed by atoms with van der Waals surface area (Å²) in [7, 11) is 6.18. The molecule has 0 aliphatic heterocycles. The zero-order valence-electron chi connectivity index (χ0n) is 6.64. The third-order valence-electron chi connectivity index (χ3n) is 0.937. The molecule has 1 N–H and O–H groups in total. The van der Waals surface area contributed by atoms with E-state index in [0.29, 0.717) is 5.33 Å². The number of aliphatic hydroxyl groups excluding tert-OH is 1.